The third kappa shape index (κ3) is 4.66. The highest BCUT2D eigenvalue weighted by Crippen LogP contribution is 2.43. The number of aliphatic hydroxyl groups excluding tert-OH is 1. The van der Waals surface area contributed by atoms with E-state index >= 15 is 0 Å². The van der Waals surface area contributed by atoms with E-state index in [9.17, 15) is 24.6 Å². The van der Waals surface area contributed by atoms with Crippen LogP contribution in [-0.4, -0.2) is 57.1 Å². The average molecular weight is 400 g/mol. The first-order chi connectivity index (χ1) is 12.7. The second kappa shape index (κ2) is 9.82. The van der Waals surface area contributed by atoms with Gasteiger partial charge in [-0.1, -0.05) is 43.6 Å². The molecule has 0 aromatic heterocycles. The van der Waals surface area contributed by atoms with Gasteiger partial charge in [-0.05, 0) is 37.9 Å². The maximum Gasteiger partial charge on any atom is 0.321 e. The number of aliphatic hydroxyl groups is 1. The zero-order valence-corrected chi connectivity index (χ0v) is 16.4. The van der Waals surface area contributed by atoms with E-state index in [1.807, 2.05) is 13.8 Å². The predicted molar refractivity (Wildman–Crippen MR) is 101 cm³/mol. The van der Waals surface area contributed by atoms with Gasteiger partial charge in [0.15, 0.2) is 5.78 Å². The number of hydrogen-bond donors (Lipinski definition) is 3. The van der Waals surface area contributed by atoms with E-state index in [1.165, 1.54) is 11.9 Å². The molecule has 1 aliphatic rings. The SMILES string of the molecule is CC.CN([C@@H](CC(=O)O)C(=O)O)[C@@]1(c2ccccc2Cl)CCC[C@@H](O)C1=O. The summed E-state index contributed by atoms with van der Waals surface area (Å²) in [6.45, 7) is 4.00. The third-order valence-electron chi connectivity index (χ3n) is 4.77. The topological polar surface area (TPSA) is 115 Å². The third-order valence-corrected chi connectivity index (χ3v) is 5.10. The number of hydrogen-bond acceptors (Lipinski definition) is 5. The molecule has 0 radical (unpaired) electrons. The molecule has 0 spiro atoms. The van der Waals surface area contributed by atoms with Gasteiger partial charge in [0.05, 0.1) is 6.42 Å². The number of likely N-dealkylation sites (N-methyl/N-ethyl adjacent to an activating group) is 1. The Morgan fingerprint density at radius 3 is 2.41 bits per heavy atom. The summed E-state index contributed by atoms with van der Waals surface area (Å²) in [5.41, 5.74) is -1.12. The Bertz CT molecular complexity index is 695. The second-order valence-corrected chi connectivity index (χ2v) is 6.58. The van der Waals surface area contributed by atoms with Crippen LogP contribution in [0.2, 0.25) is 5.02 Å². The highest BCUT2D eigenvalue weighted by Gasteiger charge is 2.52. The van der Waals surface area contributed by atoms with Gasteiger partial charge in [-0.3, -0.25) is 19.3 Å². The molecular weight excluding hydrogens is 374 g/mol. The normalized spacial score (nSPS) is 23.3. The molecule has 0 aliphatic heterocycles. The van der Waals surface area contributed by atoms with Crippen LogP contribution in [-0.2, 0) is 19.9 Å². The summed E-state index contributed by atoms with van der Waals surface area (Å²) in [5, 5.41) is 28.9. The maximum atomic E-state index is 13.0. The molecule has 1 aliphatic carbocycles. The van der Waals surface area contributed by atoms with E-state index in [-0.39, 0.29) is 17.9 Å². The zero-order chi connectivity index (χ0) is 20.8. The van der Waals surface area contributed by atoms with Gasteiger partial charge < -0.3 is 15.3 Å². The number of carbonyl (C=O) groups excluding carboxylic acids is 1. The molecule has 3 N–H and O–H groups in total. The van der Waals surface area contributed by atoms with Crippen LogP contribution < -0.4 is 0 Å². The fourth-order valence-electron chi connectivity index (χ4n) is 3.51. The highest BCUT2D eigenvalue weighted by atomic mass is 35.5. The number of carbonyl (C=O) groups is 3. The number of Topliss-reactive ketones (excluding diaryl/α,β-unsaturated/α-hetero) is 1. The Morgan fingerprint density at radius 2 is 1.89 bits per heavy atom. The fraction of sp³-hybridized carbons (Fsp3) is 0.526. The van der Waals surface area contributed by atoms with E-state index in [0.29, 0.717) is 12.0 Å². The van der Waals surface area contributed by atoms with Gasteiger partial charge in [0, 0.05) is 5.02 Å². The molecular formula is C19H26ClNO6. The lowest BCUT2D eigenvalue weighted by atomic mass is 9.72. The first kappa shape index (κ1) is 23.1. The Kier molecular flexibility index (Phi) is 8.40. The van der Waals surface area contributed by atoms with Crippen LogP contribution in [0.3, 0.4) is 0 Å². The molecule has 8 heteroatoms. The summed E-state index contributed by atoms with van der Waals surface area (Å²) in [5.74, 6) is -3.22. The Labute approximate surface area is 163 Å². The van der Waals surface area contributed by atoms with Gasteiger partial charge in [-0.25, -0.2) is 0 Å². The number of nitrogens with zero attached hydrogens (tertiary/aromatic N) is 1. The van der Waals surface area contributed by atoms with Crippen molar-refractivity contribution in [3.63, 3.8) is 0 Å². The quantitative estimate of drug-likeness (QED) is 0.673. The smallest absolute Gasteiger partial charge is 0.321 e. The summed E-state index contributed by atoms with van der Waals surface area (Å²) in [6.07, 6.45) is -0.947. The van der Waals surface area contributed by atoms with Crippen molar-refractivity contribution < 1.29 is 29.7 Å². The van der Waals surface area contributed by atoms with Crippen molar-refractivity contribution in [2.24, 2.45) is 0 Å². The van der Waals surface area contributed by atoms with Crippen molar-refractivity contribution in [2.45, 2.75) is 57.2 Å². The first-order valence-electron chi connectivity index (χ1n) is 8.86. The van der Waals surface area contributed by atoms with Crippen molar-refractivity contribution in [1.82, 2.24) is 4.90 Å². The van der Waals surface area contributed by atoms with Crippen LogP contribution in [0.4, 0.5) is 0 Å². The standard InChI is InChI=1S/C17H20ClNO6.C2H6/c1-19(12(16(24)25)9-14(21)22)17(8-4-7-13(20)15(17)23)10-5-2-3-6-11(10)18;1-2/h2-3,5-6,12-13,20H,4,7-9H2,1H3,(H,21,22)(H,24,25);1-2H3/t12-,13+,17+;/m0./s1. The summed E-state index contributed by atoms with van der Waals surface area (Å²) in [7, 11) is 1.39. The zero-order valence-electron chi connectivity index (χ0n) is 15.7. The van der Waals surface area contributed by atoms with Crippen LogP contribution >= 0.6 is 11.6 Å². The van der Waals surface area contributed by atoms with E-state index in [4.69, 9.17) is 16.7 Å². The second-order valence-electron chi connectivity index (χ2n) is 6.18. The number of benzene rings is 1. The number of carboxylic acid groups (broad SMARTS) is 2. The number of halogens is 1. The lowest BCUT2D eigenvalue weighted by Gasteiger charge is -2.47. The van der Waals surface area contributed by atoms with Crippen LogP contribution in [0.15, 0.2) is 24.3 Å². The molecule has 0 saturated heterocycles. The molecule has 0 bridgehead atoms. The molecule has 7 nitrogen and oxygen atoms in total. The minimum Gasteiger partial charge on any atom is -0.481 e. The molecule has 1 aromatic rings. The van der Waals surface area contributed by atoms with E-state index in [0.717, 1.165) is 0 Å². The number of carboxylic acids is 2. The monoisotopic (exact) mass is 399 g/mol. The van der Waals surface area contributed by atoms with Crippen molar-refractivity contribution in [3.05, 3.63) is 34.9 Å². The van der Waals surface area contributed by atoms with E-state index in [1.54, 1.807) is 24.3 Å². The van der Waals surface area contributed by atoms with E-state index < -0.39 is 41.8 Å². The van der Waals surface area contributed by atoms with Crippen LogP contribution in [0, 0.1) is 0 Å². The van der Waals surface area contributed by atoms with Crippen LogP contribution in [0.5, 0.6) is 0 Å². The minimum atomic E-state index is -1.49. The molecule has 0 unspecified atom stereocenters. The lowest BCUT2D eigenvalue weighted by Crippen LogP contribution is -2.61. The highest BCUT2D eigenvalue weighted by molar-refractivity contribution is 6.31. The molecule has 0 amide bonds. The molecule has 2 rings (SSSR count). The summed E-state index contributed by atoms with van der Waals surface area (Å²) >= 11 is 6.27. The number of ketones is 1. The van der Waals surface area contributed by atoms with Gasteiger partial charge >= 0.3 is 11.9 Å². The van der Waals surface area contributed by atoms with Gasteiger partial charge in [0.1, 0.15) is 17.7 Å². The molecule has 0 heterocycles. The van der Waals surface area contributed by atoms with Crippen molar-refractivity contribution in [3.8, 4) is 0 Å². The Balaban J connectivity index is 0.00000176. The van der Waals surface area contributed by atoms with Gasteiger partial charge in [0.25, 0.3) is 0 Å². The van der Waals surface area contributed by atoms with Gasteiger partial charge in [-0.2, -0.15) is 0 Å². The molecule has 150 valence electrons. The summed E-state index contributed by atoms with van der Waals surface area (Å²) in [6, 6.07) is 5.08. The van der Waals surface area contributed by atoms with Crippen LogP contribution in [0.1, 0.15) is 45.1 Å². The average Bonchev–Trinajstić information content (AvgIpc) is 2.63. The fourth-order valence-corrected chi connectivity index (χ4v) is 3.80. The van der Waals surface area contributed by atoms with Gasteiger partial charge in [0.2, 0.25) is 0 Å². The van der Waals surface area contributed by atoms with Crippen molar-refractivity contribution in [2.75, 3.05) is 7.05 Å². The van der Waals surface area contributed by atoms with Gasteiger partial charge in [-0.15, -0.1) is 0 Å². The predicted octanol–water partition coefficient (Wildman–Crippen LogP) is 2.54. The largest absolute Gasteiger partial charge is 0.481 e. The van der Waals surface area contributed by atoms with Crippen LogP contribution in [0.25, 0.3) is 0 Å². The van der Waals surface area contributed by atoms with E-state index in [2.05, 4.69) is 0 Å². The molecule has 1 aromatic carbocycles. The first-order valence-corrected chi connectivity index (χ1v) is 9.24. The molecule has 1 saturated carbocycles. The lowest BCUT2D eigenvalue weighted by molar-refractivity contribution is -0.159. The molecule has 3 atom stereocenters. The summed E-state index contributed by atoms with van der Waals surface area (Å²) in [4.78, 5) is 37.0. The molecule has 1 fully saturated rings. The Hall–Kier alpha value is -1.96. The minimum absolute atomic E-state index is 0.243. The Morgan fingerprint density at radius 1 is 1.30 bits per heavy atom. The summed E-state index contributed by atoms with van der Waals surface area (Å²) < 4.78 is 0. The molecule has 27 heavy (non-hydrogen) atoms. The number of rotatable bonds is 6. The van der Waals surface area contributed by atoms with Crippen molar-refractivity contribution in [1.29, 1.82) is 0 Å². The maximum absolute atomic E-state index is 13.0. The van der Waals surface area contributed by atoms with Crippen molar-refractivity contribution >= 4 is 29.3 Å². The number of aliphatic carboxylic acids is 2.